The van der Waals surface area contributed by atoms with Gasteiger partial charge in [0.2, 0.25) is 0 Å². The molecule has 0 aliphatic carbocycles. The van der Waals surface area contributed by atoms with E-state index < -0.39 is 0 Å². The van der Waals surface area contributed by atoms with Crippen LogP contribution in [0.3, 0.4) is 0 Å². The lowest BCUT2D eigenvalue weighted by Gasteiger charge is -2.11. The first-order chi connectivity index (χ1) is 31.7. The van der Waals surface area contributed by atoms with Crippen LogP contribution in [0.1, 0.15) is 0 Å². The third-order valence-corrected chi connectivity index (χ3v) is 15.1. The van der Waals surface area contributed by atoms with E-state index in [4.69, 9.17) is 0 Å². The van der Waals surface area contributed by atoms with Gasteiger partial charge in [0.15, 0.2) is 0 Å². The van der Waals surface area contributed by atoms with Gasteiger partial charge < -0.3 is 13.5 Å². The Kier molecular flexibility index (Phi) is 6.83. The van der Waals surface area contributed by atoms with Crippen LogP contribution in [-0.2, 0) is 0 Å². The Labute approximate surface area is 370 Å². The number of nitrogens with zero attached hydrogens (tertiary/aromatic N) is 3. The molecule has 0 fully saturated rings. The monoisotopic (exact) mass is 829 g/mol. The van der Waals surface area contributed by atoms with Gasteiger partial charge >= 0.3 is 0 Å². The molecule has 0 unspecified atom stereocenters. The molecule has 4 heteroatoms. The minimum atomic E-state index is 1.16. The number of aromatic nitrogens is 3. The molecule has 0 spiro atoms. The van der Waals surface area contributed by atoms with E-state index in [1.807, 2.05) is 11.3 Å². The third-order valence-electron chi connectivity index (χ3n) is 14.0. The standard InChI is InChI=1S/C60H35N3S/c1-7-18-54-42(10-1)47-14-9-15-48-45-28-27-41(35-57(45)63(54)60(47)48)62-53-17-6-3-12-44(53)50-33-39(23-30-56(50)62)38-22-29-55-49(32-38)43-11-2-5-16-52(43)61(55)40-25-20-36(21-26-40)37-24-31-59-51(34-37)46-13-4-8-19-58(46)64-59/h1-35H. The average Bonchev–Trinajstić information content (AvgIpc) is 4.16. The molecular formula is C60H35N3S. The molecule has 5 heterocycles. The lowest BCUT2D eigenvalue weighted by molar-refractivity contribution is 1.18. The second-order valence-electron chi connectivity index (χ2n) is 17.3. The highest BCUT2D eigenvalue weighted by Crippen LogP contribution is 2.43. The Hall–Kier alpha value is -8.18. The molecule has 15 rings (SSSR count). The second-order valence-corrected chi connectivity index (χ2v) is 18.4. The van der Waals surface area contributed by atoms with E-state index in [9.17, 15) is 0 Å². The summed E-state index contributed by atoms with van der Waals surface area (Å²) in [6.45, 7) is 0. The lowest BCUT2D eigenvalue weighted by atomic mass is 10.0. The van der Waals surface area contributed by atoms with Gasteiger partial charge in [0.25, 0.3) is 0 Å². The van der Waals surface area contributed by atoms with Crippen LogP contribution in [0.2, 0.25) is 0 Å². The van der Waals surface area contributed by atoms with Crippen molar-refractivity contribution in [1.82, 2.24) is 13.5 Å². The molecule has 3 nitrogen and oxygen atoms in total. The summed E-state index contributed by atoms with van der Waals surface area (Å²) in [7, 11) is 0. The summed E-state index contributed by atoms with van der Waals surface area (Å²) in [4.78, 5) is 0. The first kappa shape index (κ1) is 34.4. The van der Waals surface area contributed by atoms with Crippen LogP contribution in [0.5, 0.6) is 0 Å². The van der Waals surface area contributed by atoms with Crippen LogP contribution in [0.15, 0.2) is 212 Å². The summed E-state index contributed by atoms with van der Waals surface area (Å²) in [6.07, 6.45) is 0. The largest absolute Gasteiger partial charge is 0.309 e. The topological polar surface area (TPSA) is 14.3 Å². The van der Waals surface area contributed by atoms with E-state index in [2.05, 4.69) is 226 Å². The van der Waals surface area contributed by atoms with E-state index in [1.165, 1.54) is 124 Å². The Bertz CT molecular complexity index is 4420. The summed E-state index contributed by atoms with van der Waals surface area (Å²) in [5.41, 5.74) is 15.8. The second kappa shape index (κ2) is 12.7. The molecule has 0 atom stereocenters. The zero-order valence-electron chi connectivity index (χ0n) is 34.5. The number of thiophene rings is 1. The van der Waals surface area contributed by atoms with Crippen LogP contribution in [-0.4, -0.2) is 13.5 Å². The zero-order chi connectivity index (χ0) is 41.6. The summed E-state index contributed by atoms with van der Waals surface area (Å²) < 4.78 is 10.0. The number of rotatable bonds is 4. The highest BCUT2D eigenvalue weighted by Gasteiger charge is 2.20. The first-order valence-electron chi connectivity index (χ1n) is 22.0. The molecule has 64 heavy (non-hydrogen) atoms. The maximum atomic E-state index is 2.47. The van der Waals surface area contributed by atoms with Crippen molar-refractivity contribution in [3.05, 3.63) is 212 Å². The summed E-state index contributed by atoms with van der Waals surface area (Å²) >= 11 is 1.86. The van der Waals surface area contributed by atoms with Crippen molar-refractivity contribution in [1.29, 1.82) is 0 Å². The maximum absolute atomic E-state index is 2.47. The molecule has 5 aromatic heterocycles. The van der Waals surface area contributed by atoms with Crippen molar-refractivity contribution in [2.75, 3.05) is 0 Å². The molecule has 15 aromatic rings. The average molecular weight is 830 g/mol. The summed E-state index contributed by atoms with van der Waals surface area (Å²) in [5, 5.41) is 12.9. The van der Waals surface area contributed by atoms with Gasteiger partial charge in [0.05, 0.1) is 38.6 Å². The molecule has 0 N–H and O–H groups in total. The van der Waals surface area contributed by atoms with Crippen molar-refractivity contribution in [3.8, 4) is 33.6 Å². The quantitative estimate of drug-likeness (QED) is 0.168. The SMILES string of the molecule is c1ccc2c(c1)sc1ccc(-c3ccc(-n4c5ccccc5c5cc(-c6ccc7c(c6)c6ccccc6n7-c6ccc7c8cccc9c%10ccccc%10n(c7c6)c98)ccc54)cc3)cc12. The van der Waals surface area contributed by atoms with Crippen LogP contribution in [0.25, 0.3) is 136 Å². The van der Waals surface area contributed by atoms with Gasteiger partial charge in [-0.1, -0.05) is 127 Å². The maximum Gasteiger partial charge on any atom is 0.0620 e. The van der Waals surface area contributed by atoms with Gasteiger partial charge in [0, 0.05) is 74.6 Å². The van der Waals surface area contributed by atoms with Gasteiger partial charge in [-0.25, -0.2) is 0 Å². The molecule has 0 radical (unpaired) electrons. The number of hydrogen-bond donors (Lipinski definition) is 0. The van der Waals surface area contributed by atoms with Gasteiger partial charge in [-0.15, -0.1) is 11.3 Å². The predicted octanol–water partition coefficient (Wildman–Crippen LogP) is 16.7. The van der Waals surface area contributed by atoms with E-state index >= 15 is 0 Å². The smallest absolute Gasteiger partial charge is 0.0620 e. The molecule has 0 saturated heterocycles. The van der Waals surface area contributed by atoms with Crippen molar-refractivity contribution in [2.45, 2.75) is 0 Å². The first-order valence-corrected chi connectivity index (χ1v) is 22.8. The van der Waals surface area contributed by atoms with E-state index in [0.717, 1.165) is 11.4 Å². The van der Waals surface area contributed by atoms with Crippen LogP contribution < -0.4 is 0 Å². The van der Waals surface area contributed by atoms with Crippen LogP contribution >= 0.6 is 11.3 Å². The molecule has 0 saturated carbocycles. The van der Waals surface area contributed by atoms with Crippen molar-refractivity contribution in [3.63, 3.8) is 0 Å². The number of para-hydroxylation sites is 4. The molecule has 0 aliphatic heterocycles. The zero-order valence-corrected chi connectivity index (χ0v) is 35.3. The van der Waals surface area contributed by atoms with Crippen molar-refractivity contribution >= 4 is 113 Å². The molecule has 296 valence electrons. The van der Waals surface area contributed by atoms with Gasteiger partial charge in [-0.2, -0.15) is 0 Å². The fourth-order valence-electron chi connectivity index (χ4n) is 11.1. The number of benzene rings is 10. The fraction of sp³-hybridized carbons (Fsp3) is 0. The van der Waals surface area contributed by atoms with E-state index in [0.29, 0.717) is 0 Å². The predicted molar refractivity (Wildman–Crippen MR) is 274 cm³/mol. The number of hydrogen-bond acceptors (Lipinski definition) is 1. The van der Waals surface area contributed by atoms with Crippen LogP contribution in [0.4, 0.5) is 0 Å². The third kappa shape index (κ3) is 4.64. The normalized spacial score (nSPS) is 12.4. The van der Waals surface area contributed by atoms with Gasteiger partial charge in [-0.05, 0) is 107 Å². The minimum Gasteiger partial charge on any atom is -0.309 e. The van der Waals surface area contributed by atoms with Crippen molar-refractivity contribution < 1.29 is 0 Å². The van der Waals surface area contributed by atoms with E-state index in [1.54, 1.807) is 0 Å². The molecule has 10 aromatic carbocycles. The van der Waals surface area contributed by atoms with Gasteiger partial charge in [0.1, 0.15) is 0 Å². The van der Waals surface area contributed by atoms with Gasteiger partial charge in [-0.3, -0.25) is 0 Å². The molecule has 0 amide bonds. The Balaban J connectivity index is 0.847. The molecule has 0 aliphatic rings. The highest BCUT2D eigenvalue weighted by atomic mass is 32.1. The summed E-state index contributed by atoms with van der Waals surface area (Å²) in [6, 6.07) is 79.0. The fourth-order valence-corrected chi connectivity index (χ4v) is 12.2. The Morgan fingerprint density at radius 1 is 0.250 bits per heavy atom. The Morgan fingerprint density at radius 3 is 1.39 bits per heavy atom. The Morgan fingerprint density at radius 2 is 0.703 bits per heavy atom. The lowest BCUT2D eigenvalue weighted by Crippen LogP contribution is -1.94. The number of fused-ring (bicyclic) bond motifs is 15. The summed E-state index contributed by atoms with van der Waals surface area (Å²) in [5.74, 6) is 0. The van der Waals surface area contributed by atoms with Crippen molar-refractivity contribution in [2.24, 2.45) is 0 Å². The minimum absolute atomic E-state index is 1.16. The highest BCUT2D eigenvalue weighted by molar-refractivity contribution is 7.25. The molecular weight excluding hydrogens is 795 g/mol. The van der Waals surface area contributed by atoms with Crippen LogP contribution in [0, 0.1) is 0 Å². The van der Waals surface area contributed by atoms with E-state index in [-0.39, 0.29) is 0 Å². The molecule has 0 bridgehead atoms.